The van der Waals surface area contributed by atoms with Crippen molar-refractivity contribution in [1.29, 1.82) is 0 Å². The van der Waals surface area contributed by atoms with Gasteiger partial charge in [0.1, 0.15) is 22.8 Å². The lowest BCUT2D eigenvalue weighted by molar-refractivity contribution is 0.264. The number of aromatic hydroxyl groups is 1. The lowest BCUT2D eigenvalue weighted by Crippen LogP contribution is -2.01. The lowest BCUT2D eigenvalue weighted by atomic mass is 10.1. The van der Waals surface area contributed by atoms with E-state index in [2.05, 4.69) is 10.2 Å². The van der Waals surface area contributed by atoms with E-state index >= 15 is 0 Å². The molecule has 0 bridgehead atoms. The van der Waals surface area contributed by atoms with Crippen molar-refractivity contribution in [2.45, 2.75) is 13.5 Å². The number of phenolic OH excluding ortho intramolecular Hbond substituents is 1. The van der Waals surface area contributed by atoms with Crippen LogP contribution in [-0.2, 0) is 6.61 Å². The topological polar surface area (TPSA) is 98.6 Å². The molecule has 7 nitrogen and oxygen atoms in total. The molecule has 0 atom stereocenters. The van der Waals surface area contributed by atoms with Gasteiger partial charge in [-0.05, 0) is 55.0 Å². The van der Waals surface area contributed by atoms with Crippen LogP contribution in [0.2, 0.25) is 0 Å². The van der Waals surface area contributed by atoms with Gasteiger partial charge in [-0.1, -0.05) is 18.2 Å². The lowest BCUT2D eigenvalue weighted by Gasteiger charge is -2.06. The molecule has 0 spiro atoms. The number of ether oxygens (including phenoxy) is 1. The maximum Gasteiger partial charge on any atom is 0.254 e. The first-order valence-electron chi connectivity index (χ1n) is 9.95. The van der Waals surface area contributed by atoms with Gasteiger partial charge in [-0.25, -0.2) is 0 Å². The molecule has 0 amide bonds. The van der Waals surface area contributed by atoms with Crippen LogP contribution in [0.3, 0.4) is 0 Å². The zero-order valence-corrected chi connectivity index (χ0v) is 17.1. The van der Waals surface area contributed by atoms with E-state index in [-0.39, 0.29) is 17.8 Å². The van der Waals surface area contributed by atoms with Crippen molar-refractivity contribution in [2.24, 2.45) is 0 Å². The molecule has 0 saturated carbocycles. The highest BCUT2D eigenvalue weighted by Gasteiger charge is 2.12. The summed E-state index contributed by atoms with van der Waals surface area (Å²) in [5, 5.41) is 18.1. The minimum Gasteiger partial charge on any atom is -0.508 e. The van der Waals surface area contributed by atoms with Crippen LogP contribution in [0.4, 0.5) is 0 Å². The van der Waals surface area contributed by atoms with E-state index in [4.69, 9.17) is 13.6 Å². The normalized spacial score (nSPS) is 11.0. The Kier molecular flexibility index (Phi) is 4.91. The van der Waals surface area contributed by atoms with Gasteiger partial charge >= 0.3 is 0 Å². The third-order valence-corrected chi connectivity index (χ3v) is 5.06. The Morgan fingerprint density at radius 2 is 1.75 bits per heavy atom. The molecule has 0 aliphatic carbocycles. The summed E-state index contributed by atoms with van der Waals surface area (Å²) in [6.07, 6.45) is 0. The van der Waals surface area contributed by atoms with Gasteiger partial charge in [0.25, 0.3) is 5.89 Å². The van der Waals surface area contributed by atoms with Gasteiger partial charge in [-0.2, -0.15) is 0 Å². The molecule has 158 valence electrons. The van der Waals surface area contributed by atoms with Crippen molar-refractivity contribution in [1.82, 2.24) is 10.2 Å². The van der Waals surface area contributed by atoms with Crippen LogP contribution in [0.5, 0.6) is 11.5 Å². The summed E-state index contributed by atoms with van der Waals surface area (Å²) < 4.78 is 17.4. The van der Waals surface area contributed by atoms with Crippen molar-refractivity contribution in [3.63, 3.8) is 0 Å². The maximum atomic E-state index is 12.5. The van der Waals surface area contributed by atoms with Crippen LogP contribution >= 0.6 is 0 Å². The van der Waals surface area contributed by atoms with Crippen LogP contribution in [0, 0.1) is 6.92 Å². The molecule has 3 aromatic carbocycles. The minimum atomic E-state index is -0.166. The number of aryl methyl sites for hydroxylation is 1. The van der Waals surface area contributed by atoms with Gasteiger partial charge in [0, 0.05) is 23.3 Å². The molecule has 0 radical (unpaired) electrons. The van der Waals surface area contributed by atoms with Crippen molar-refractivity contribution < 1.29 is 18.7 Å². The van der Waals surface area contributed by atoms with Crippen LogP contribution in [0.1, 0.15) is 11.5 Å². The molecule has 0 fully saturated rings. The summed E-state index contributed by atoms with van der Waals surface area (Å²) in [6, 6.07) is 20.6. The number of nitrogens with zero attached hydrogens (tertiary/aromatic N) is 2. The summed E-state index contributed by atoms with van der Waals surface area (Å²) in [5.74, 6) is 1.81. The Morgan fingerprint density at radius 1 is 0.938 bits per heavy atom. The van der Waals surface area contributed by atoms with E-state index in [0.29, 0.717) is 39.8 Å². The number of hydrogen-bond donors (Lipinski definition) is 1. The van der Waals surface area contributed by atoms with Gasteiger partial charge in [0.2, 0.25) is 5.89 Å². The van der Waals surface area contributed by atoms with Crippen molar-refractivity contribution in [3.05, 3.63) is 94.5 Å². The van der Waals surface area contributed by atoms with Crippen LogP contribution in [-0.4, -0.2) is 15.3 Å². The van der Waals surface area contributed by atoms with Crippen LogP contribution < -0.4 is 10.2 Å². The fourth-order valence-electron chi connectivity index (χ4n) is 3.37. The zero-order chi connectivity index (χ0) is 22.1. The number of aromatic nitrogens is 2. The second-order valence-corrected chi connectivity index (χ2v) is 7.28. The number of benzene rings is 3. The predicted molar refractivity (Wildman–Crippen MR) is 118 cm³/mol. The number of fused-ring (bicyclic) bond motifs is 1. The minimum absolute atomic E-state index is 0.0757. The van der Waals surface area contributed by atoms with Gasteiger partial charge in [0.15, 0.2) is 12.0 Å². The van der Waals surface area contributed by atoms with E-state index in [1.165, 1.54) is 18.2 Å². The fourth-order valence-corrected chi connectivity index (χ4v) is 3.37. The quantitative estimate of drug-likeness (QED) is 0.417. The largest absolute Gasteiger partial charge is 0.508 e. The SMILES string of the molecule is Cc1ccccc1-c1nnc(COc2ccc3c(=O)cc(-c4ccc(O)cc4)oc3c2)o1. The Balaban J connectivity index is 1.39. The molecule has 5 rings (SSSR count). The molecule has 5 aromatic rings. The Bertz CT molecular complexity index is 1470. The third-order valence-electron chi connectivity index (χ3n) is 5.06. The molecule has 1 N–H and O–H groups in total. The molecule has 0 aliphatic heterocycles. The van der Waals surface area contributed by atoms with E-state index in [1.54, 1.807) is 30.3 Å². The summed E-state index contributed by atoms with van der Waals surface area (Å²) in [7, 11) is 0. The maximum absolute atomic E-state index is 12.5. The van der Waals surface area contributed by atoms with Gasteiger partial charge in [-0.3, -0.25) is 4.79 Å². The summed E-state index contributed by atoms with van der Waals surface area (Å²) in [6.45, 7) is 2.05. The Labute approximate surface area is 182 Å². The second-order valence-electron chi connectivity index (χ2n) is 7.28. The average molecular weight is 426 g/mol. The van der Waals surface area contributed by atoms with Crippen molar-refractivity contribution in [2.75, 3.05) is 0 Å². The molecule has 7 heteroatoms. The van der Waals surface area contributed by atoms with Crippen molar-refractivity contribution >= 4 is 11.0 Å². The molecule has 2 heterocycles. The predicted octanol–water partition coefficient (Wildman–Crippen LogP) is 5.10. The van der Waals surface area contributed by atoms with E-state index < -0.39 is 0 Å². The first-order valence-corrected chi connectivity index (χ1v) is 9.95. The van der Waals surface area contributed by atoms with E-state index in [0.717, 1.165) is 11.1 Å². The standard InChI is InChI=1S/C25H18N2O5/c1-15-4-2-3-5-19(15)25-27-26-24(32-25)14-30-18-10-11-20-21(29)13-22(31-23(20)12-18)16-6-8-17(28)9-7-16/h2-13,28H,14H2,1H3. The van der Waals surface area contributed by atoms with Gasteiger partial charge in [-0.15, -0.1) is 10.2 Å². The molecule has 2 aromatic heterocycles. The average Bonchev–Trinajstić information content (AvgIpc) is 3.27. The second kappa shape index (κ2) is 8.03. The van der Waals surface area contributed by atoms with Crippen molar-refractivity contribution in [3.8, 4) is 34.3 Å². The molecular formula is C25H18N2O5. The highest BCUT2D eigenvalue weighted by atomic mass is 16.5. The third kappa shape index (κ3) is 3.83. The first-order chi connectivity index (χ1) is 15.6. The molecular weight excluding hydrogens is 408 g/mol. The Morgan fingerprint density at radius 3 is 2.56 bits per heavy atom. The molecule has 32 heavy (non-hydrogen) atoms. The highest BCUT2D eigenvalue weighted by Crippen LogP contribution is 2.27. The first kappa shape index (κ1) is 19.6. The highest BCUT2D eigenvalue weighted by molar-refractivity contribution is 5.80. The fraction of sp³-hybridized carbons (Fsp3) is 0.0800. The number of phenols is 1. The zero-order valence-electron chi connectivity index (χ0n) is 17.1. The van der Waals surface area contributed by atoms with Gasteiger partial charge < -0.3 is 18.7 Å². The summed E-state index contributed by atoms with van der Waals surface area (Å²) >= 11 is 0. The smallest absolute Gasteiger partial charge is 0.254 e. The van der Waals surface area contributed by atoms with E-state index in [1.807, 2.05) is 31.2 Å². The number of rotatable bonds is 5. The van der Waals surface area contributed by atoms with Crippen LogP contribution in [0.25, 0.3) is 33.7 Å². The molecule has 0 saturated heterocycles. The monoisotopic (exact) mass is 426 g/mol. The Hall–Kier alpha value is -4.39. The molecule has 0 aliphatic rings. The number of hydrogen-bond acceptors (Lipinski definition) is 7. The van der Waals surface area contributed by atoms with Crippen LogP contribution in [0.15, 0.2) is 86.4 Å². The summed E-state index contributed by atoms with van der Waals surface area (Å²) in [4.78, 5) is 12.5. The van der Waals surface area contributed by atoms with Gasteiger partial charge in [0.05, 0.1) is 5.39 Å². The molecule has 0 unspecified atom stereocenters. The summed E-state index contributed by atoms with van der Waals surface area (Å²) in [5.41, 5.74) is 2.82. The van der Waals surface area contributed by atoms with E-state index in [9.17, 15) is 9.90 Å².